The lowest BCUT2D eigenvalue weighted by molar-refractivity contribution is -0.162. The zero-order valence-corrected chi connectivity index (χ0v) is 20.9. The maximum atomic E-state index is 12.0. The Kier molecular flexibility index (Phi) is 11.6. The second-order valence-corrected chi connectivity index (χ2v) is 9.80. The third-order valence-electron chi connectivity index (χ3n) is 6.19. The molecule has 1 amide bonds. The highest BCUT2D eigenvalue weighted by Gasteiger charge is 2.40. The lowest BCUT2D eigenvalue weighted by atomic mass is 10.0. The summed E-state index contributed by atoms with van der Waals surface area (Å²) in [7, 11) is 2.15. The van der Waals surface area contributed by atoms with Crippen LogP contribution < -0.4 is 0 Å². The maximum Gasteiger partial charge on any atom is 0.339 e. The first kappa shape index (κ1) is 26.7. The van der Waals surface area contributed by atoms with E-state index in [1.807, 2.05) is 30.0 Å². The van der Waals surface area contributed by atoms with Crippen LogP contribution in [0, 0.1) is 0 Å². The number of hydrogen-bond acceptors (Lipinski definition) is 6. The number of benzene rings is 1. The smallest absolute Gasteiger partial charge is 0.339 e. The van der Waals surface area contributed by atoms with Crippen molar-refractivity contribution in [1.82, 2.24) is 9.80 Å². The summed E-state index contributed by atoms with van der Waals surface area (Å²) >= 11 is 1.41. The molecule has 0 aromatic heterocycles. The molecule has 32 heavy (non-hydrogen) atoms. The minimum atomic E-state index is -1.17. The van der Waals surface area contributed by atoms with Gasteiger partial charge in [0.05, 0.1) is 0 Å². The molecule has 0 saturated carbocycles. The van der Waals surface area contributed by atoms with Gasteiger partial charge in [-0.3, -0.25) is 4.79 Å². The molecule has 1 N–H and O–H groups in total. The van der Waals surface area contributed by atoms with Gasteiger partial charge in [-0.1, -0.05) is 62.9 Å². The molecule has 0 aliphatic carbocycles. The van der Waals surface area contributed by atoms with Crippen LogP contribution in [0.5, 0.6) is 0 Å². The van der Waals surface area contributed by atoms with Crippen LogP contribution in [0.2, 0.25) is 0 Å². The van der Waals surface area contributed by atoms with Crippen molar-refractivity contribution in [3.8, 4) is 0 Å². The zero-order chi connectivity index (χ0) is 23.5. The Morgan fingerprint density at radius 1 is 1.09 bits per heavy atom. The van der Waals surface area contributed by atoms with Crippen LogP contribution in [-0.2, 0) is 9.53 Å². The van der Waals surface area contributed by atoms with Gasteiger partial charge in [-0.2, -0.15) is 0 Å². The molecule has 2 saturated heterocycles. The predicted molar refractivity (Wildman–Crippen MR) is 131 cm³/mol. The summed E-state index contributed by atoms with van der Waals surface area (Å²) in [6.45, 7) is 8.02. The summed E-state index contributed by atoms with van der Waals surface area (Å²) in [5.41, 5.74) is 0.591. The van der Waals surface area contributed by atoms with E-state index in [-0.39, 0.29) is 11.3 Å². The fourth-order valence-electron chi connectivity index (χ4n) is 4.51. The highest BCUT2D eigenvalue weighted by Crippen LogP contribution is 2.35. The lowest BCUT2D eigenvalue weighted by Crippen LogP contribution is -2.43. The standard InChI is InChI=1S/C16H21NO3.C9H19NOS/c1-17-12-7-8-13(17)10-14(9-12)20-16(19)15(18)11-5-3-2-4-6-11;1-4-7-10(8-5-2)9(11)12-6-3/h2-6,12-15,18H,7-10H2,1H3;4-8H2,1-3H3/t12-,13+,14+,15?;. The van der Waals surface area contributed by atoms with E-state index in [9.17, 15) is 14.7 Å². The molecule has 1 unspecified atom stereocenters. The second-order valence-electron chi connectivity index (χ2n) is 8.58. The molecular weight excluding hydrogens is 424 g/mol. The molecule has 3 rings (SSSR count). The second kappa shape index (κ2) is 13.9. The van der Waals surface area contributed by atoms with Gasteiger partial charge in [-0.15, -0.1) is 0 Å². The summed E-state index contributed by atoms with van der Waals surface area (Å²) < 4.78 is 5.52. The zero-order valence-electron chi connectivity index (χ0n) is 20.0. The number of rotatable bonds is 8. The van der Waals surface area contributed by atoms with E-state index in [1.54, 1.807) is 12.1 Å². The number of ether oxygens (including phenoxy) is 1. The van der Waals surface area contributed by atoms with Crippen LogP contribution >= 0.6 is 11.8 Å². The molecule has 2 bridgehead atoms. The van der Waals surface area contributed by atoms with Crippen LogP contribution in [0.4, 0.5) is 4.79 Å². The van der Waals surface area contributed by atoms with E-state index in [1.165, 1.54) is 24.6 Å². The molecule has 1 aromatic rings. The number of piperidine rings is 1. The molecule has 4 atom stereocenters. The molecule has 2 aliphatic rings. The van der Waals surface area contributed by atoms with E-state index in [0.29, 0.717) is 17.6 Å². The number of carbonyl (C=O) groups is 2. The Bertz CT molecular complexity index is 682. The molecule has 2 heterocycles. The first-order chi connectivity index (χ1) is 15.4. The molecule has 0 radical (unpaired) electrons. The van der Waals surface area contributed by atoms with Crippen LogP contribution in [-0.4, -0.2) is 70.2 Å². The molecule has 180 valence electrons. The fraction of sp³-hybridized carbons (Fsp3) is 0.680. The summed E-state index contributed by atoms with van der Waals surface area (Å²) in [5.74, 6) is 0.355. The van der Waals surface area contributed by atoms with Crippen molar-refractivity contribution >= 4 is 23.0 Å². The summed E-state index contributed by atoms with van der Waals surface area (Å²) in [6.07, 6.45) is 5.04. The van der Waals surface area contributed by atoms with Crippen LogP contribution in [0.3, 0.4) is 0 Å². The number of fused-ring (bicyclic) bond motifs is 2. The molecule has 1 aromatic carbocycles. The summed E-state index contributed by atoms with van der Waals surface area (Å²) in [4.78, 5) is 27.8. The van der Waals surface area contributed by atoms with Crippen molar-refractivity contribution in [1.29, 1.82) is 0 Å². The van der Waals surface area contributed by atoms with Gasteiger partial charge >= 0.3 is 5.97 Å². The van der Waals surface area contributed by atoms with Gasteiger partial charge in [0.15, 0.2) is 6.10 Å². The Balaban J connectivity index is 0.000000262. The number of esters is 1. The van der Waals surface area contributed by atoms with Crippen LogP contribution in [0.25, 0.3) is 0 Å². The number of aliphatic hydroxyl groups excluding tert-OH is 1. The molecule has 2 fully saturated rings. The van der Waals surface area contributed by atoms with Crippen molar-refractivity contribution in [2.24, 2.45) is 0 Å². The van der Waals surface area contributed by atoms with Crippen molar-refractivity contribution in [2.45, 2.75) is 83.6 Å². The minimum Gasteiger partial charge on any atom is -0.460 e. The van der Waals surface area contributed by atoms with E-state index < -0.39 is 12.1 Å². The van der Waals surface area contributed by atoms with Gasteiger partial charge < -0.3 is 19.6 Å². The Labute approximate surface area is 197 Å². The lowest BCUT2D eigenvalue weighted by Gasteiger charge is -2.36. The Morgan fingerprint density at radius 2 is 1.66 bits per heavy atom. The predicted octanol–water partition coefficient (Wildman–Crippen LogP) is 4.87. The average molecular weight is 465 g/mol. The van der Waals surface area contributed by atoms with E-state index in [0.717, 1.165) is 44.5 Å². The number of carbonyl (C=O) groups excluding carboxylic acids is 2. The minimum absolute atomic E-state index is 0.0467. The number of hydrogen-bond donors (Lipinski definition) is 1. The Hall–Kier alpha value is -1.57. The average Bonchev–Trinajstić information content (AvgIpc) is 3.00. The number of amides is 1. The fourth-order valence-corrected chi connectivity index (χ4v) is 5.12. The third kappa shape index (κ3) is 7.78. The third-order valence-corrected chi connectivity index (χ3v) is 6.98. The highest BCUT2D eigenvalue weighted by molar-refractivity contribution is 8.13. The van der Waals surface area contributed by atoms with Crippen molar-refractivity contribution in [2.75, 3.05) is 25.9 Å². The maximum absolute atomic E-state index is 12.0. The topological polar surface area (TPSA) is 70.1 Å². The van der Waals surface area contributed by atoms with Crippen LogP contribution in [0.15, 0.2) is 30.3 Å². The SMILES string of the molecule is CCCN(CCC)C(=O)SCC.CN1[C@@H]2CC[C@H]1C[C@@H](OC(=O)C(O)c1ccccc1)C2. The first-order valence-electron chi connectivity index (χ1n) is 12.0. The normalized spacial score (nSPS) is 23.1. The monoisotopic (exact) mass is 464 g/mol. The van der Waals surface area contributed by atoms with Gasteiger partial charge in [-0.25, -0.2) is 4.79 Å². The van der Waals surface area contributed by atoms with E-state index >= 15 is 0 Å². The van der Waals surface area contributed by atoms with Crippen LogP contribution in [0.1, 0.15) is 71.0 Å². The van der Waals surface area contributed by atoms with Gasteiger partial charge in [0.25, 0.3) is 5.24 Å². The van der Waals surface area contributed by atoms with Gasteiger partial charge in [-0.05, 0) is 56.9 Å². The quantitative estimate of drug-likeness (QED) is 0.554. The number of thioether (sulfide) groups is 1. The van der Waals surface area contributed by atoms with E-state index in [4.69, 9.17) is 4.74 Å². The van der Waals surface area contributed by atoms with Crippen molar-refractivity contribution in [3.63, 3.8) is 0 Å². The van der Waals surface area contributed by atoms with Crippen molar-refractivity contribution in [3.05, 3.63) is 35.9 Å². The van der Waals surface area contributed by atoms with Crippen molar-refractivity contribution < 1.29 is 19.4 Å². The first-order valence-corrected chi connectivity index (χ1v) is 13.0. The molecular formula is C25H40N2O4S. The number of nitrogens with zero attached hydrogens (tertiary/aromatic N) is 2. The molecule has 7 heteroatoms. The van der Waals surface area contributed by atoms with Gasteiger partial charge in [0.2, 0.25) is 0 Å². The number of aliphatic hydroxyl groups is 1. The molecule has 0 spiro atoms. The van der Waals surface area contributed by atoms with E-state index in [2.05, 4.69) is 25.8 Å². The largest absolute Gasteiger partial charge is 0.460 e. The molecule has 2 aliphatic heterocycles. The highest BCUT2D eigenvalue weighted by atomic mass is 32.2. The van der Waals surface area contributed by atoms with Gasteiger partial charge in [0, 0.05) is 25.2 Å². The Morgan fingerprint density at radius 3 is 2.16 bits per heavy atom. The van der Waals surface area contributed by atoms with Gasteiger partial charge in [0.1, 0.15) is 6.10 Å². The molecule has 6 nitrogen and oxygen atoms in total. The summed E-state index contributed by atoms with van der Waals surface area (Å²) in [5, 5.41) is 10.3. The summed E-state index contributed by atoms with van der Waals surface area (Å²) in [6, 6.07) is 10.0.